The van der Waals surface area contributed by atoms with Crippen molar-refractivity contribution in [2.24, 2.45) is 11.8 Å². The zero-order valence-corrected chi connectivity index (χ0v) is 18.4. The van der Waals surface area contributed by atoms with Gasteiger partial charge in [-0.25, -0.2) is 9.59 Å². The molecule has 1 fully saturated rings. The summed E-state index contributed by atoms with van der Waals surface area (Å²) in [4.78, 5) is 47.3. The van der Waals surface area contributed by atoms with Gasteiger partial charge in [-0.3, -0.25) is 9.59 Å². The predicted molar refractivity (Wildman–Crippen MR) is 109 cm³/mol. The molecule has 0 radical (unpaired) electrons. The first-order chi connectivity index (χ1) is 13.8. The Labute approximate surface area is 177 Å². The molecular formula is C20H35N3O7. The van der Waals surface area contributed by atoms with Crippen molar-refractivity contribution in [3.8, 4) is 0 Å². The van der Waals surface area contributed by atoms with Crippen molar-refractivity contribution in [3.05, 3.63) is 0 Å². The van der Waals surface area contributed by atoms with Gasteiger partial charge in [0.15, 0.2) is 6.04 Å². The van der Waals surface area contributed by atoms with Gasteiger partial charge < -0.3 is 30.9 Å². The fourth-order valence-electron chi connectivity index (χ4n) is 3.24. The zero-order chi connectivity index (χ0) is 23.1. The van der Waals surface area contributed by atoms with E-state index in [2.05, 4.69) is 16.0 Å². The maximum Gasteiger partial charge on any atom is 0.408 e. The number of alkyl carbamates (subject to hydrolysis) is 1. The lowest BCUT2D eigenvalue weighted by atomic mass is 9.81. The Kier molecular flexibility index (Phi) is 9.54. The summed E-state index contributed by atoms with van der Waals surface area (Å²) in [6.45, 7) is 8.53. The van der Waals surface area contributed by atoms with E-state index in [1.165, 1.54) is 6.92 Å². The number of hydrogen-bond donors (Lipinski definition) is 5. The number of ether oxygens (including phenoxy) is 1. The number of carbonyl (C=O) groups excluding carboxylic acids is 3. The zero-order valence-electron chi connectivity index (χ0n) is 18.4. The molecule has 0 heterocycles. The summed E-state index contributed by atoms with van der Waals surface area (Å²) >= 11 is 0. The van der Waals surface area contributed by atoms with Crippen molar-refractivity contribution in [2.75, 3.05) is 6.54 Å². The number of rotatable bonds is 8. The van der Waals surface area contributed by atoms with Gasteiger partial charge in [-0.2, -0.15) is 0 Å². The molecule has 172 valence electrons. The summed E-state index contributed by atoms with van der Waals surface area (Å²) in [6, 6.07) is -2.07. The van der Waals surface area contributed by atoms with Crippen molar-refractivity contribution >= 4 is 23.9 Å². The molecule has 0 bridgehead atoms. The third-order valence-electron chi connectivity index (χ3n) is 4.96. The Bertz CT molecular complexity index is 622. The van der Waals surface area contributed by atoms with Crippen molar-refractivity contribution < 1.29 is 34.1 Å². The van der Waals surface area contributed by atoms with Crippen LogP contribution in [-0.2, 0) is 19.1 Å². The Morgan fingerprint density at radius 2 is 1.60 bits per heavy atom. The van der Waals surface area contributed by atoms with Gasteiger partial charge in [0, 0.05) is 12.5 Å². The van der Waals surface area contributed by atoms with Crippen molar-refractivity contribution in [3.63, 3.8) is 0 Å². The highest BCUT2D eigenvalue weighted by molar-refractivity contribution is 5.86. The summed E-state index contributed by atoms with van der Waals surface area (Å²) in [5.74, 6) is -2.09. The van der Waals surface area contributed by atoms with Crippen molar-refractivity contribution in [1.29, 1.82) is 0 Å². The summed E-state index contributed by atoms with van der Waals surface area (Å²) in [6.07, 6.45) is 0.717. The second-order valence-corrected chi connectivity index (χ2v) is 8.90. The van der Waals surface area contributed by atoms with Gasteiger partial charge in [-0.15, -0.1) is 0 Å². The number of hydrogen-bond acceptors (Lipinski definition) is 6. The second kappa shape index (κ2) is 11.1. The lowest BCUT2D eigenvalue weighted by molar-refractivity contribution is -0.145. The van der Waals surface area contributed by atoms with Crippen LogP contribution in [0.4, 0.5) is 4.79 Å². The average molecular weight is 430 g/mol. The van der Waals surface area contributed by atoms with Gasteiger partial charge in [-0.1, -0.05) is 0 Å². The molecule has 1 aliphatic rings. The first kappa shape index (κ1) is 25.7. The summed E-state index contributed by atoms with van der Waals surface area (Å²) < 4.78 is 5.12. The highest BCUT2D eigenvalue weighted by Crippen LogP contribution is 2.28. The highest BCUT2D eigenvalue weighted by Gasteiger charge is 2.31. The lowest BCUT2D eigenvalue weighted by Gasteiger charge is -2.29. The van der Waals surface area contributed by atoms with Crippen LogP contribution in [0.1, 0.15) is 60.3 Å². The van der Waals surface area contributed by atoms with Crippen LogP contribution in [0.25, 0.3) is 0 Å². The van der Waals surface area contributed by atoms with Crippen LogP contribution in [0.15, 0.2) is 0 Å². The van der Waals surface area contributed by atoms with Crippen LogP contribution in [-0.4, -0.2) is 64.4 Å². The molecule has 0 spiro atoms. The summed E-state index contributed by atoms with van der Waals surface area (Å²) in [5, 5.41) is 26.2. The van der Waals surface area contributed by atoms with E-state index >= 15 is 0 Å². The quantitative estimate of drug-likeness (QED) is 0.382. The number of carboxylic acids is 1. The fourth-order valence-corrected chi connectivity index (χ4v) is 3.24. The van der Waals surface area contributed by atoms with Crippen molar-refractivity contribution in [1.82, 2.24) is 16.0 Å². The van der Waals surface area contributed by atoms with Crippen molar-refractivity contribution in [2.45, 2.75) is 84.1 Å². The number of aliphatic hydroxyl groups excluding tert-OH is 1. The largest absolute Gasteiger partial charge is 0.480 e. The molecular weight excluding hydrogens is 394 g/mol. The Balaban J connectivity index is 2.37. The van der Waals surface area contributed by atoms with Crippen LogP contribution in [0, 0.1) is 11.8 Å². The molecule has 1 rings (SSSR count). The molecule has 10 heteroatoms. The second-order valence-electron chi connectivity index (χ2n) is 8.90. The van der Waals surface area contributed by atoms with E-state index in [9.17, 15) is 24.3 Å². The van der Waals surface area contributed by atoms with E-state index in [1.807, 2.05) is 0 Å². The van der Waals surface area contributed by atoms with E-state index in [0.717, 1.165) is 0 Å². The highest BCUT2D eigenvalue weighted by atomic mass is 16.6. The van der Waals surface area contributed by atoms with Gasteiger partial charge in [0.2, 0.25) is 11.8 Å². The molecule has 0 aromatic carbocycles. The molecule has 0 unspecified atom stereocenters. The van der Waals surface area contributed by atoms with E-state index < -0.39 is 35.9 Å². The minimum Gasteiger partial charge on any atom is -0.480 e. The van der Waals surface area contributed by atoms with E-state index in [4.69, 9.17) is 9.84 Å². The van der Waals surface area contributed by atoms with Gasteiger partial charge in [-0.05, 0) is 66.2 Å². The van der Waals surface area contributed by atoms with Gasteiger partial charge >= 0.3 is 12.1 Å². The monoisotopic (exact) mass is 429 g/mol. The van der Waals surface area contributed by atoms with Crippen LogP contribution in [0.5, 0.6) is 0 Å². The predicted octanol–water partition coefficient (Wildman–Crippen LogP) is 0.772. The topological polar surface area (TPSA) is 154 Å². The summed E-state index contributed by atoms with van der Waals surface area (Å²) in [5.41, 5.74) is -0.648. The molecule has 1 saturated carbocycles. The molecule has 0 aliphatic heterocycles. The molecule has 5 N–H and O–H groups in total. The third kappa shape index (κ3) is 8.98. The fraction of sp³-hybridized carbons (Fsp3) is 0.800. The third-order valence-corrected chi connectivity index (χ3v) is 4.96. The van der Waals surface area contributed by atoms with Gasteiger partial charge in [0.05, 0.1) is 6.10 Å². The van der Waals surface area contributed by atoms with Gasteiger partial charge in [0.25, 0.3) is 0 Å². The Hall–Kier alpha value is -2.36. The molecule has 3 amide bonds. The molecule has 0 aromatic rings. The Morgan fingerprint density at radius 1 is 1.03 bits per heavy atom. The van der Waals surface area contributed by atoms with E-state index in [-0.39, 0.29) is 23.7 Å². The molecule has 1 aliphatic carbocycles. The van der Waals surface area contributed by atoms with Gasteiger partial charge in [0.1, 0.15) is 11.6 Å². The standard InChI is InChI=1S/C20H35N3O7/c1-11(22-19(29)30-20(3,4)5)16(25)21-10-13-6-8-14(9-7-13)17(26)23-15(12(2)24)18(27)28/h11-15,24H,6-10H2,1-5H3,(H,21,25)(H,22,29)(H,23,26)(H,27,28)/t11-,12+,13?,14?,15-/m1/s1. The smallest absolute Gasteiger partial charge is 0.408 e. The van der Waals surface area contributed by atoms with Crippen LogP contribution in [0.2, 0.25) is 0 Å². The number of aliphatic carboxylic acids is 1. The Morgan fingerprint density at radius 3 is 2.07 bits per heavy atom. The first-order valence-electron chi connectivity index (χ1n) is 10.3. The van der Waals surface area contributed by atoms with E-state index in [1.54, 1.807) is 27.7 Å². The van der Waals surface area contributed by atoms with E-state index in [0.29, 0.717) is 32.2 Å². The number of nitrogens with one attached hydrogen (secondary N) is 3. The average Bonchev–Trinajstić information content (AvgIpc) is 2.62. The minimum absolute atomic E-state index is 0.193. The molecule has 30 heavy (non-hydrogen) atoms. The molecule has 0 aromatic heterocycles. The molecule has 0 saturated heterocycles. The maximum atomic E-state index is 12.3. The number of carbonyl (C=O) groups is 4. The number of carboxylic acid groups (broad SMARTS) is 1. The summed E-state index contributed by atoms with van der Waals surface area (Å²) in [7, 11) is 0. The molecule has 3 atom stereocenters. The SMILES string of the molecule is C[C@H](O)[C@@H](NC(=O)C1CCC(CNC(=O)[C@@H](C)NC(=O)OC(C)(C)C)CC1)C(=O)O. The maximum absolute atomic E-state index is 12.3. The minimum atomic E-state index is -1.33. The number of aliphatic hydroxyl groups is 1. The first-order valence-corrected chi connectivity index (χ1v) is 10.3. The van der Waals surface area contributed by atoms with Crippen LogP contribution < -0.4 is 16.0 Å². The van der Waals surface area contributed by atoms with Crippen LogP contribution in [0.3, 0.4) is 0 Å². The lowest BCUT2D eigenvalue weighted by Crippen LogP contribution is -2.50. The number of amides is 3. The molecule has 10 nitrogen and oxygen atoms in total. The van der Waals surface area contributed by atoms with Crippen LogP contribution >= 0.6 is 0 Å². The normalized spacial score (nSPS) is 22.2.